The number of aliphatic hydroxyl groups excluding tert-OH is 1. The van der Waals surface area contributed by atoms with E-state index >= 15 is 0 Å². The van der Waals surface area contributed by atoms with Crippen LogP contribution in [0.5, 0.6) is 0 Å². The Kier molecular flexibility index (Phi) is 7.95. The molecule has 0 saturated heterocycles. The van der Waals surface area contributed by atoms with Crippen LogP contribution < -0.4 is 10.6 Å². The summed E-state index contributed by atoms with van der Waals surface area (Å²) >= 11 is 0. The molecule has 3 N–H and O–H groups in total. The summed E-state index contributed by atoms with van der Waals surface area (Å²) < 4.78 is 0. The summed E-state index contributed by atoms with van der Waals surface area (Å²) in [5.74, 6) is 0.375. The molecule has 4 heteroatoms. The van der Waals surface area contributed by atoms with Gasteiger partial charge in [0.2, 0.25) is 5.91 Å². The minimum atomic E-state index is -0.136. The molecule has 0 aromatic rings. The third-order valence-electron chi connectivity index (χ3n) is 1.92. The Morgan fingerprint density at radius 2 is 2.20 bits per heavy atom. The van der Waals surface area contributed by atoms with Crippen molar-refractivity contribution in [1.29, 1.82) is 0 Å². The summed E-state index contributed by atoms with van der Waals surface area (Å²) in [5.41, 5.74) is 0. The van der Waals surface area contributed by atoms with Gasteiger partial charge in [-0.3, -0.25) is 4.79 Å². The topological polar surface area (TPSA) is 61.4 Å². The monoisotopic (exact) mass is 214 g/mol. The van der Waals surface area contributed by atoms with Crippen LogP contribution in [-0.4, -0.2) is 36.8 Å². The number of rotatable bonds is 8. The van der Waals surface area contributed by atoms with Crippen LogP contribution in [0.4, 0.5) is 0 Å². The predicted molar refractivity (Wildman–Crippen MR) is 61.5 cm³/mol. The van der Waals surface area contributed by atoms with Gasteiger partial charge in [0.05, 0.1) is 19.2 Å². The summed E-state index contributed by atoms with van der Waals surface area (Å²) in [6, 6.07) is -0.136. The highest BCUT2D eigenvalue weighted by atomic mass is 16.3. The lowest BCUT2D eigenvalue weighted by molar-refractivity contribution is -0.121. The van der Waals surface area contributed by atoms with Crippen molar-refractivity contribution < 1.29 is 9.90 Å². The maximum Gasteiger partial charge on any atom is 0.234 e. The van der Waals surface area contributed by atoms with Gasteiger partial charge in [-0.25, -0.2) is 0 Å². The minimum Gasteiger partial charge on any atom is -0.394 e. The largest absolute Gasteiger partial charge is 0.394 e. The van der Waals surface area contributed by atoms with Crippen molar-refractivity contribution in [2.75, 3.05) is 19.7 Å². The zero-order valence-corrected chi connectivity index (χ0v) is 9.62. The molecule has 88 valence electrons. The number of nitrogens with one attached hydrogen (secondary N) is 2. The van der Waals surface area contributed by atoms with E-state index in [1.54, 1.807) is 6.08 Å². The molecule has 1 atom stereocenters. The summed E-state index contributed by atoms with van der Waals surface area (Å²) in [6.45, 7) is 8.53. The molecule has 0 aromatic heterocycles. The second-order valence-electron chi connectivity index (χ2n) is 4.00. The Labute approximate surface area is 91.8 Å². The van der Waals surface area contributed by atoms with Gasteiger partial charge in [-0.1, -0.05) is 19.9 Å². The second-order valence-corrected chi connectivity index (χ2v) is 4.00. The van der Waals surface area contributed by atoms with Gasteiger partial charge in [0.25, 0.3) is 0 Å². The fraction of sp³-hybridized carbons (Fsp3) is 0.727. The van der Waals surface area contributed by atoms with E-state index in [0.717, 1.165) is 6.42 Å². The Balaban J connectivity index is 3.75. The molecule has 0 aromatic carbocycles. The zero-order chi connectivity index (χ0) is 11.7. The first-order chi connectivity index (χ1) is 7.10. The third-order valence-corrected chi connectivity index (χ3v) is 1.92. The average molecular weight is 214 g/mol. The molecule has 1 unspecified atom stereocenters. The number of hydrogen-bond donors (Lipinski definition) is 3. The predicted octanol–water partition coefficient (Wildman–Crippen LogP) is 0.285. The van der Waals surface area contributed by atoms with Crippen LogP contribution in [0.15, 0.2) is 12.7 Å². The van der Waals surface area contributed by atoms with E-state index in [1.807, 2.05) is 0 Å². The molecule has 15 heavy (non-hydrogen) atoms. The van der Waals surface area contributed by atoms with Crippen molar-refractivity contribution in [3.63, 3.8) is 0 Å². The molecule has 1 amide bonds. The van der Waals surface area contributed by atoms with E-state index in [9.17, 15) is 4.79 Å². The Bertz CT molecular complexity index is 193. The standard InChI is InChI=1S/C11H22N2O2/c1-4-5-12-7-11(15)13-10(8-14)6-9(2)3/h4,9-10,12,14H,1,5-8H2,2-3H3,(H,13,15). The zero-order valence-electron chi connectivity index (χ0n) is 9.62. The SMILES string of the molecule is C=CCNCC(=O)NC(CO)CC(C)C. The van der Waals surface area contributed by atoms with Crippen LogP contribution in [-0.2, 0) is 4.79 Å². The number of carbonyl (C=O) groups is 1. The van der Waals surface area contributed by atoms with Gasteiger partial charge in [-0.15, -0.1) is 6.58 Å². The van der Waals surface area contributed by atoms with E-state index < -0.39 is 0 Å². The second kappa shape index (κ2) is 8.44. The van der Waals surface area contributed by atoms with Gasteiger partial charge in [0, 0.05) is 6.54 Å². The van der Waals surface area contributed by atoms with Crippen molar-refractivity contribution in [3.8, 4) is 0 Å². The first-order valence-corrected chi connectivity index (χ1v) is 5.32. The molecule has 0 saturated carbocycles. The molecular weight excluding hydrogens is 192 g/mol. The van der Waals surface area contributed by atoms with E-state index in [2.05, 4.69) is 31.1 Å². The summed E-state index contributed by atoms with van der Waals surface area (Å²) in [7, 11) is 0. The lowest BCUT2D eigenvalue weighted by Crippen LogP contribution is -2.42. The van der Waals surface area contributed by atoms with Crippen molar-refractivity contribution >= 4 is 5.91 Å². The van der Waals surface area contributed by atoms with Crippen molar-refractivity contribution in [3.05, 3.63) is 12.7 Å². The van der Waals surface area contributed by atoms with Crippen LogP contribution in [0.2, 0.25) is 0 Å². The first-order valence-electron chi connectivity index (χ1n) is 5.32. The number of amides is 1. The molecule has 4 nitrogen and oxygen atoms in total. The Hall–Kier alpha value is -0.870. The molecular formula is C11H22N2O2. The fourth-order valence-corrected chi connectivity index (χ4v) is 1.31. The van der Waals surface area contributed by atoms with E-state index in [1.165, 1.54) is 0 Å². The molecule has 0 rings (SSSR count). The van der Waals surface area contributed by atoms with Gasteiger partial charge in [0.1, 0.15) is 0 Å². The smallest absolute Gasteiger partial charge is 0.234 e. The fourth-order valence-electron chi connectivity index (χ4n) is 1.31. The maximum atomic E-state index is 11.3. The van der Waals surface area contributed by atoms with E-state index in [4.69, 9.17) is 5.11 Å². The van der Waals surface area contributed by atoms with Gasteiger partial charge in [-0.2, -0.15) is 0 Å². The molecule has 0 radical (unpaired) electrons. The lowest BCUT2D eigenvalue weighted by atomic mass is 10.0. The quantitative estimate of drug-likeness (QED) is 0.402. The molecule has 0 spiro atoms. The van der Waals surface area contributed by atoms with Crippen molar-refractivity contribution in [2.45, 2.75) is 26.3 Å². The molecule has 0 bridgehead atoms. The Morgan fingerprint density at radius 1 is 1.53 bits per heavy atom. The highest BCUT2D eigenvalue weighted by Gasteiger charge is 2.12. The third kappa shape index (κ3) is 8.15. The van der Waals surface area contributed by atoms with E-state index in [-0.39, 0.29) is 25.1 Å². The maximum absolute atomic E-state index is 11.3. The van der Waals surface area contributed by atoms with Crippen molar-refractivity contribution in [1.82, 2.24) is 10.6 Å². The van der Waals surface area contributed by atoms with Crippen LogP contribution in [0, 0.1) is 5.92 Å². The van der Waals surface area contributed by atoms with Gasteiger partial charge < -0.3 is 15.7 Å². The highest BCUT2D eigenvalue weighted by molar-refractivity contribution is 5.78. The molecule has 0 aliphatic heterocycles. The van der Waals surface area contributed by atoms with E-state index in [0.29, 0.717) is 12.5 Å². The van der Waals surface area contributed by atoms with Gasteiger partial charge in [0.15, 0.2) is 0 Å². The summed E-state index contributed by atoms with van der Waals surface area (Å²) in [6.07, 6.45) is 2.49. The van der Waals surface area contributed by atoms with Gasteiger partial charge in [-0.05, 0) is 12.3 Å². The normalized spacial score (nSPS) is 12.5. The molecule has 0 heterocycles. The lowest BCUT2D eigenvalue weighted by Gasteiger charge is -2.18. The molecule has 0 aliphatic carbocycles. The first kappa shape index (κ1) is 14.1. The average Bonchev–Trinajstić information content (AvgIpc) is 2.16. The summed E-state index contributed by atoms with van der Waals surface area (Å²) in [5, 5.41) is 14.7. The van der Waals surface area contributed by atoms with Crippen LogP contribution in [0.3, 0.4) is 0 Å². The molecule has 0 aliphatic rings. The van der Waals surface area contributed by atoms with Crippen LogP contribution in [0.25, 0.3) is 0 Å². The molecule has 0 fully saturated rings. The van der Waals surface area contributed by atoms with Crippen LogP contribution >= 0.6 is 0 Å². The number of carbonyl (C=O) groups excluding carboxylic acids is 1. The Morgan fingerprint density at radius 3 is 2.67 bits per heavy atom. The number of hydrogen-bond acceptors (Lipinski definition) is 3. The number of aliphatic hydroxyl groups is 1. The van der Waals surface area contributed by atoms with Crippen LogP contribution in [0.1, 0.15) is 20.3 Å². The minimum absolute atomic E-state index is 0.00855. The summed E-state index contributed by atoms with van der Waals surface area (Å²) in [4.78, 5) is 11.3. The van der Waals surface area contributed by atoms with Gasteiger partial charge >= 0.3 is 0 Å². The highest BCUT2D eigenvalue weighted by Crippen LogP contribution is 2.03. The van der Waals surface area contributed by atoms with Crippen molar-refractivity contribution in [2.24, 2.45) is 5.92 Å².